The Morgan fingerprint density at radius 1 is 1.41 bits per heavy atom. The normalized spacial score (nSPS) is 10.5. The van der Waals surface area contributed by atoms with Gasteiger partial charge in [-0.1, -0.05) is 27.5 Å². The van der Waals surface area contributed by atoms with Crippen LogP contribution in [-0.4, -0.2) is 16.3 Å². The highest BCUT2D eigenvalue weighted by Crippen LogP contribution is 2.25. The van der Waals surface area contributed by atoms with E-state index < -0.39 is 0 Å². The van der Waals surface area contributed by atoms with Crippen molar-refractivity contribution < 1.29 is 0 Å². The smallest absolute Gasteiger partial charge is 0.0648 e. The lowest BCUT2D eigenvalue weighted by atomic mass is 10.3. The van der Waals surface area contributed by atoms with Crippen molar-refractivity contribution in [2.24, 2.45) is 7.05 Å². The van der Waals surface area contributed by atoms with Crippen LogP contribution >= 0.6 is 27.5 Å². The topological polar surface area (TPSA) is 29.9 Å². The summed E-state index contributed by atoms with van der Waals surface area (Å²) < 4.78 is 2.87. The van der Waals surface area contributed by atoms with E-state index in [-0.39, 0.29) is 0 Å². The molecule has 0 spiro atoms. The second kappa shape index (κ2) is 5.56. The molecule has 0 fully saturated rings. The Labute approximate surface area is 114 Å². The maximum atomic E-state index is 6.11. The van der Waals surface area contributed by atoms with Gasteiger partial charge >= 0.3 is 0 Å². The van der Waals surface area contributed by atoms with E-state index in [1.165, 1.54) is 5.69 Å². The Bertz CT molecular complexity index is 510. The highest BCUT2D eigenvalue weighted by Gasteiger charge is 2.01. The fourth-order valence-electron chi connectivity index (χ4n) is 1.60. The molecule has 1 heterocycles. The number of nitrogens with one attached hydrogen (secondary N) is 1. The fraction of sp³-hybridized carbons (Fsp3) is 0.250. The van der Waals surface area contributed by atoms with E-state index in [2.05, 4.69) is 26.3 Å². The Morgan fingerprint density at radius 3 is 2.88 bits per heavy atom. The number of benzene rings is 1. The summed E-state index contributed by atoms with van der Waals surface area (Å²) in [4.78, 5) is 0. The molecule has 0 atom stereocenters. The summed E-state index contributed by atoms with van der Waals surface area (Å²) in [5.74, 6) is 0. The van der Waals surface area contributed by atoms with Crippen LogP contribution in [0.15, 0.2) is 34.9 Å². The lowest BCUT2D eigenvalue weighted by Crippen LogP contribution is -2.08. The number of hydrogen-bond donors (Lipinski definition) is 1. The number of aromatic nitrogens is 2. The van der Waals surface area contributed by atoms with Gasteiger partial charge in [-0.3, -0.25) is 4.68 Å². The van der Waals surface area contributed by atoms with E-state index in [0.29, 0.717) is 0 Å². The minimum absolute atomic E-state index is 0.726. The molecule has 0 saturated carbocycles. The first-order valence-corrected chi connectivity index (χ1v) is 6.50. The van der Waals surface area contributed by atoms with Gasteiger partial charge in [0.25, 0.3) is 0 Å². The van der Waals surface area contributed by atoms with Crippen LogP contribution in [0.3, 0.4) is 0 Å². The van der Waals surface area contributed by atoms with Gasteiger partial charge in [-0.05, 0) is 24.3 Å². The molecule has 2 aromatic rings. The molecule has 0 unspecified atom stereocenters. The van der Waals surface area contributed by atoms with Gasteiger partial charge in [0.05, 0.1) is 10.7 Å². The van der Waals surface area contributed by atoms with Crippen LogP contribution in [0.25, 0.3) is 0 Å². The number of halogens is 2. The number of anilines is 1. The molecule has 0 aliphatic carbocycles. The summed E-state index contributed by atoms with van der Waals surface area (Å²) in [6, 6.07) is 7.84. The van der Waals surface area contributed by atoms with Gasteiger partial charge in [-0.25, -0.2) is 0 Å². The molecule has 0 amide bonds. The first kappa shape index (κ1) is 12.5. The molecule has 0 aliphatic heterocycles. The first-order valence-electron chi connectivity index (χ1n) is 5.32. The van der Waals surface area contributed by atoms with Crippen LogP contribution in [0.5, 0.6) is 0 Å². The summed E-state index contributed by atoms with van der Waals surface area (Å²) in [6.45, 7) is 0.834. The second-order valence-electron chi connectivity index (χ2n) is 3.75. The van der Waals surface area contributed by atoms with Crippen molar-refractivity contribution in [1.29, 1.82) is 0 Å². The zero-order valence-corrected chi connectivity index (χ0v) is 11.8. The third-order valence-corrected chi connectivity index (χ3v) is 3.36. The molecule has 0 bridgehead atoms. The average Bonchev–Trinajstić information content (AvgIpc) is 2.68. The van der Waals surface area contributed by atoms with Gasteiger partial charge in [0, 0.05) is 36.4 Å². The average molecular weight is 315 g/mol. The van der Waals surface area contributed by atoms with Crippen LogP contribution in [0.2, 0.25) is 5.02 Å². The number of nitrogens with zero attached hydrogens (tertiary/aromatic N) is 2. The monoisotopic (exact) mass is 313 g/mol. The SMILES string of the molecule is Cn1nccc1CCNc1ccc(Br)cc1Cl. The molecular formula is C12H13BrClN3. The van der Waals surface area contributed by atoms with Crippen molar-refractivity contribution in [3.05, 3.63) is 45.7 Å². The molecule has 0 aliphatic rings. The van der Waals surface area contributed by atoms with Crippen LogP contribution in [0.1, 0.15) is 5.69 Å². The van der Waals surface area contributed by atoms with E-state index >= 15 is 0 Å². The lowest BCUT2D eigenvalue weighted by molar-refractivity contribution is 0.711. The molecule has 0 saturated heterocycles. The second-order valence-corrected chi connectivity index (χ2v) is 5.07. The predicted octanol–water partition coefficient (Wildman–Crippen LogP) is 3.49. The van der Waals surface area contributed by atoms with Crippen molar-refractivity contribution >= 4 is 33.2 Å². The lowest BCUT2D eigenvalue weighted by Gasteiger charge is -2.08. The molecule has 3 nitrogen and oxygen atoms in total. The Hall–Kier alpha value is -1.000. The maximum Gasteiger partial charge on any atom is 0.0648 e. The summed E-state index contributed by atoms with van der Waals surface area (Å²) in [7, 11) is 1.95. The van der Waals surface area contributed by atoms with Crippen LogP contribution in [0.4, 0.5) is 5.69 Å². The molecular weight excluding hydrogens is 302 g/mol. The number of aryl methyl sites for hydroxylation is 1. The fourth-order valence-corrected chi connectivity index (χ4v) is 2.34. The number of rotatable bonds is 4. The third kappa shape index (κ3) is 3.23. The van der Waals surface area contributed by atoms with Crippen LogP contribution in [-0.2, 0) is 13.5 Å². The van der Waals surface area contributed by atoms with Gasteiger partial charge in [-0.2, -0.15) is 5.10 Å². The highest BCUT2D eigenvalue weighted by atomic mass is 79.9. The van der Waals surface area contributed by atoms with Gasteiger partial charge in [0.2, 0.25) is 0 Å². The largest absolute Gasteiger partial charge is 0.383 e. The van der Waals surface area contributed by atoms with E-state index in [1.807, 2.05) is 42.2 Å². The van der Waals surface area contributed by atoms with Crippen molar-refractivity contribution in [3.63, 3.8) is 0 Å². The first-order chi connectivity index (χ1) is 8.16. The van der Waals surface area contributed by atoms with E-state index in [4.69, 9.17) is 11.6 Å². The third-order valence-electron chi connectivity index (χ3n) is 2.55. The highest BCUT2D eigenvalue weighted by molar-refractivity contribution is 9.10. The molecule has 5 heteroatoms. The van der Waals surface area contributed by atoms with Gasteiger partial charge in [0.1, 0.15) is 0 Å². The maximum absolute atomic E-state index is 6.11. The van der Waals surface area contributed by atoms with E-state index in [9.17, 15) is 0 Å². The molecule has 0 radical (unpaired) electrons. The summed E-state index contributed by atoms with van der Waals surface area (Å²) >= 11 is 9.49. The van der Waals surface area contributed by atoms with Crippen LogP contribution in [0, 0.1) is 0 Å². The Kier molecular flexibility index (Phi) is 4.07. The van der Waals surface area contributed by atoms with Crippen molar-refractivity contribution in [2.75, 3.05) is 11.9 Å². The van der Waals surface area contributed by atoms with E-state index in [0.717, 1.165) is 28.1 Å². The Balaban J connectivity index is 1.92. The van der Waals surface area contributed by atoms with Gasteiger partial charge in [-0.15, -0.1) is 0 Å². The summed E-state index contributed by atoms with van der Waals surface area (Å²) in [5.41, 5.74) is 2.16. The van der Waals surface area contributed by atoms with Crippen molar-refractivity contribution in [2.45, 2.75) is 6.42 Å². The zero-order chi connectivity index (χ0) is 12.3. The predicted molar refractivity (Wildman–Crippen MR) is 74.6 cm³/mol. The van der Waals surface area contributed by atoms with Gasteiger partial charge in [0.15, 0.2) is 0 Å². The van der Waals surface area contributed by atoms with Crippen molar-refractivity contribution in [3.8, 4) is 0 Å². The van der Waals surface area contributed by atoms with Gasteiger partial charge < -0.3 is 5.32 Å². The minimum atomic E-state index is 0.726. The number of hydrogen-bond acceptors (Lipinski definition) is 2. The van der Waals surface area contributed by atoms with E-state index in [1.54, 1.807) is 0 Å². The van der Waals surface area contributed by atoms with Crippen molar-refractivity contribution in [1.82, 2.24) is 9.78 Å². The standard InChI is InChI=1S/C12H13BrClN3/c1-17-10(5-7-16-17)4-6-15-12-3-2-9(13)8-11(12)14/h2-3,5,7-8,15H,4,6H2,1H3. The Morgan fingerprint density at radius 2 is 2.24 bits per heavy atom. The summed E-state index contributed by atoms with van der Waals surface area (Å²) in [5, 5.41) is 8.17. The molecule has 1 aromatic carbocycles. The minimum Gasteiger partial charge on any atom is -0.383 e. The molecule has 90 valence electrons. The molecule has 1 aromatic heterocycles. The molecule has 17 heavy (non-hydrogen) atoms. The molecule has 2 rings (SSSR count). The zero-order valence-electron chi connectivity index (χ0n) is 9.45. The summed E-state index contributed by atoms with van der Waals surface area (Å²) in [6.07, 6.45) is 2.73. The quantitative estimate of drug-likeness (QED) is 0.936. The molecule has 1 N–H and O–H groups in total. The van der Waals surface area contributed by atoms with Crippen LogP contribution < -0.4 is 5.32 Å².